The van der Waals surface area contributed by atoms with Crippen LogP contribution in [0.5, 0.6) is 0 Å². The molecule has 2 aliphatic rings. The van der Waals surface area contributed by atoms with Crippen molar-refractivity contribution in [2.45, 2.75) is 51.2 Å². The average Bonchev–Trinajstić information content (AvgIpc) is 2.97. The molecule has 4 rings (SSSR count). The van der Waals surface area contributed by atoms with Gasteiger partial charge in [-0.1, -0.05) is 37.6 Å². The van der Waals surface area contributed by atoms with Crippen molar-refractivity contribution in [1.29, 1.82) is 0 Å². The maximum atomic E-state index is 12.4. The highest BCUT2D eigenvalue weighted by Gasteiger charge is 2.52. The third kappa shape index (κ3) is 2.44. The quantitative estimate of drug-likeness (QED) is 0.742. The molecule has 150 valence electrons. The summed E-state index contributed by atoms with van der Waals surface area (Å²) in [5.41, 5.74) is 5.44. The molecule has 1 saturated carbocycles. The van der Waals surface area contributed by atoms with Crippen molar-refractivity contribution in [2.24, 2.45) is 13.0 Å². The van der Waals surface area contributed by atoms with Crippen LogP contribution in [0.4, 0.5) is 5.69 Å². The number of anilines is 1. The summed E-state index contributed by atoms with van der Waals surface area (Å²) < 4.78 is 1.39. The number of rotatable bonds is 2. The van der Waals surface area contributed by atoms with Crippen LogP contribution in [0.2, 0.25) is 0 Å². The lowest BCUT2D eigenvalue weighted by Gasteiger charge is -2.45. The van der Waals surface area contributed by atoms with Crippen molar-refractivity contribution in [2.75, 3.05) is 11.9 Å². The van der Waals surface area contributed by atoms with Crippen LogP contribution in [-0.2, 0) is 12.5 Å². The Morgan fingerprint density at radius 3 is 2.36 bits per heavy atom. The molecule has 1 fully saturated rings. The normalized spacial score (nSPS) is 29.9. The zero-order valence-corrected chi connectivity index (χ0v) is 17.3. The molecule has 2 unspecified atom stereocenters. The zero-order chi connectivity index (χ0) is 20.5. The molecule has 3 N–H and O–H groups in total. The van der Waals surface area contributed by atoms with E-state index in [2.05, 4.69) is 49.0 Å². The lowest BCUT2D eigenvalue weighted by atomic mass is 9.65. The predicted molar refractivity (Wildman–Crippen MR) is 110 cm³/mol. The molecular formula is C22H29N3O3. The van der Waals surface area contributed by atoms with Gasteiger partial charge in [-0.25, -0.2) is 0 Å². The maximum absolute atomic E-state index is 12.4. The number of benzene rings is 1. The van der Waals surface area contributed by atoms with Gasteiger partial charge in [-0.05, 0) is 25.5 Å². The second-order valence-corrected chi connectivity index (χ2v) is 8.86. The van der Waals surface area contributed by atoms with Gasteiger partial charge in [0.15, 0.2) is 0 Å². The minimum absolute atomic E-state index is 0.187. The molecule has 2 aromatic rings. The van der Waals surface area contributed by atoms with Gasteiger partial charge in [0, 0.05) is 54.0 Å². The summed E-state index contributed by atoms with van der Waals surface area (Å²) in [5.74, 6) is -0.970. The molecule has 0 spiro atoms. The number of nitrogens with one attached hydrogen (secondary N) is 1. The molecule has 0 bridgehead atoms. The number of likely N-dealkylation sites (N-methyl/N-ethyl adjacent to an activating group) is 1. The Balaban J connectivity index is 1.68. The summed E-state index contributed by atoms with van der Waals surface area (Å²) in [5, 5.41) is 24.6. The summed E-state index contributed by atoms with van der Waals surface area (Å²) in [4.78, 5) is 14.5. The van der Waals surface area contributed by atoms with Gasteiger partial charge in [-0.2, -0.15) is 0 Å². The monoisotopic (exact) mass is 383 g/mol. The van der Waals surface area contributed by atoms with E-state index in [0.29, 0.717) is 11.3 Å². The number of aromatic nitrogens is 2. The number of aromatic amines is 1. The average molecular weight is 383 g/mol. The fraction of sp³-hybridized carbons (Fsp3) is 0.500. The number of H-pyrrole nitrogens is 1. The van der Waals surface area contributed by atoms with Crippen molar-refractivity contribution in [3.8, 4) is 0 Å². The maximum Gasteiger partial charge on any atom is 0.270 e. The number of fused-ring (bicyclic) bond motifs is 1. The Hall–Kier alpha value is -2.31. The molecule has 1 aromatic carbocycles. The highest BCUT2D eigenvalue weighted by molar-refractivity contribution is 5.70. The van der Waals surface area contributed by atoms with Gasteiger partial charge in [0.05, 0.1) is 12.2 Å². The van der Waals surface area contributed by atoms with Crippen LogP contribution >= 0.6 is 0 Å². The lowest BCUT2D eigenvalue weighted by Crippen LogP contribution is -2.54. The van der Waals surface area contributed by atoms with Crippen molar-refractivity contribution in [1.82, 2.24) is 9.78 Å². The summed E-state index contributed by atoms with van der Waals surface area (Å²) >= 11 is 0. The first-order valence-electron chi connectivity index (χ1n) is 9.74. The molecule has 6 nitrogen and oxygen atoms in total. The van der Waals surface area contributed by atoms with E-state index >= 15 is 0 Å². The van der Waals surface area contributed by atoms with E-state index in [4.69, 9.17) is 0 Å². The van der Waals surface area contributed by atoms with Crippen molar-refractivity contribution in [3.63, 3.8) is 0 Å². The number of nitrogens with zero attached hydrogens (tertiary/aromatic N) is 2. The number of hydrogen-bond acceptors (Lipinski definition) is 4. The van der Waals surface area contributed by atoms with Crippen LogP contribution in [0.3, 0.4) is 0 Å². The highest BCUT2D eigenvalue weighted by atomic mass is 16.3. The molecule has 0 amide bonds. The van der Waals surface area contributed by atoms with Gasteiger partial charge in [-0.15, -0.1) is 0 Å². The molecule has 2 heterocycles. The van der Waals surface area contributed by atoms with E-state index < -0.39 is 24.0 Å². The first kappa shape index (κ1) is 19.0. The van der Waals surface area contributed by atoms with Crippen LogP contribution in [0.25, 0.3) is 0 Å². The predicted octanol–water partition coefficient (Wildman–Crippen LogP) is 2.08. The van der Waals surface area contributed by atoms with Crippen LogP contribution in [0.1, 0.15) is 42.1 Å². The third-order valence-corrected chi connectivity index (χ3v) is 6.67. The largest absolute Gasteiger partial charge is 0.392 e. The fourth-order valence-electron chi connectivity index (χ4n) is 5.00. The Kier molecular flexibility index (Phi) is 4.14. The Bertz CT molecular complexity index is 1020. The van der Waals surface area contributed by atoms with Crippen molar-refractivity contribution >= 4 is 5.69 Å². The van der Waals surface area contributed by atoms with Crippen LogP contribution in [0.15, 0.2) is 34.8 Å². The molecule has 6 heteroatoms. The van der Waals surface area contributed by atoms with E-state index in [9.17, 15) is 15.0 Å². The fourth-order valence-corrected chi connectivity index (χ4v) is 5.00. The van der Waals surface area contributed by atoms with Crippen LogP contribution < -0.4 is 10.5 Å². The lowest BCUT2D eigenvalue weighted by molar-refractivity contribution is -0.0952. The van der Waals surface area contributed by atoms with E-state index in [1.165, 1.54) is 15.8 Å². The number of allylic oxidation sites excluding steroid dienone is 1. The van der Waals surface area contributed by atoms with Gasteiger partial charge in [-0.3, -0.25) is 14.6 Å². The van der Waals surface area contributed by atoms with E-state index in [1.54, 1.807) is 14.0 Å². The van der Waals surface area contributed by atoms with Crippen LogP contribution in [0, 0.1) is 19.8 Å². The Morgan fingerprint density at radius 2 is 1.79 bits per heavy atom. The molecule has 28 heavy (non-hydrogen) atoms. The second kappa shape index (κ2) is 6.09. The smallest absolute Gasteiger partial charge is 0.270 e. The molecule has 1 aromatic heterocycles. The number of aliphatic hydroxyl groups is 2. The van der Waals surface area contributed by atoms with E-state index in [1.807, 2.05) is 13.1 Å². The standard InChI is InChI=1S/C22H29N3O3/c1-11-7-8-15-14(9-11)22(3,4)16(24(15)5)10-13-19(26)18(20(13)27)17-12(2)23-25(6)21(17)28/h7-10,13,18-20,23,26-27H,1-6H3. The van der Waals surface area contributed by atoms with Gasteiger partial charge < -0.3 is 15.1 Å². The molecule has 0 radical (unpaired) electrons. The topological polar surface area (TPSA) is 81.5 Å². The number of aliphatic hydroxyl groups excluding tert-OH is 2. The molecule has 2 atom stereocenters. The van der Waals surface area contributed by atoms with E-state index in [-0.39, 0.29) is 11.0 Å². The summed E-state index contributed by atoms with van der Waals surface area (Å²) in [7, 11) is 3.67. The summed E-state index contributed by atoms with van der Waals surface area (Å²) in [6, 6.07) is 6.43. The minimum atomic E-state index is -0.792. The number of aryl methyl sites for hydroxylation is 3. The van der Waals surface area contributed by atoms with Crippen LogP contribution in [-0.4, -0.2) is 39.2 Å². The zero-order valence-electron chi connectivity index (χ0n) is 17.3. The molecule has 1 aliphatic carbocycles. The summed E-state index contributed by atoms with van der Waals surface area (Å²) in [6.45, 7) is 8.22. The first-order chi connectivity index (χ1) is 13.1. The molecular weight excluding hydrogens is 354 g/mol. The third-order valence-electron chi connectivity index (χ3n) is 6.67. The highest BCUT2D eigenvalue weighted by Crippen LogP contribution is 2.50. The van der Waals surface area contributed by atoms with Gasteiger partial charge in [0.1, 0.15) is 0 Å². The Morgan fingerprint density at radius 1 is 1.14 bits per heavy atom. The van der Waals surface area contributed by atoms with Gasteiger partial charge in [0.25, 0.3) is 5.56 Å². The first-order valence-corrected chi connectivity index (χ1v) is 9.74. The Labute approximate surface area is 165 Å². The molecule has 0 saturated heterocycles. The van der Waals surface area contributed by atoms with E-state index in [0.717, 1.165) is 11.4 Å². The number of hydrogen-bond donors (Lipinski definition) is 3. The second-order valence-electron chi connectivity index (χ2n) is 8.86. The van der Waals surface area contributed by atoms with Crippen molar-refractivity contribution in [3.05, 3.63) is 62.7 Å². The SMILES string of the molecule is Cc1ccc2c(c1)C(C)(C)C(=CC1C(O)C(c3c(C)[nH]n(C)c3=O)C1O)N2C. The van der Waals surface area contributed by atoms with Crippen molar-refractivity contribution < 1.29 is 10.2 Å². The molecule has 1 aliphatic heterocycles. The van der Waals surface area contributed by atoms with Gasteiger partial charge >= 0.3 is 0 Å². The van der Waals surface area contributed by atoms with Gasteiger partial charge in [0.2, 0.25) is 0 Å². The minimum Gasteiger partial charge on any atom is -0.392 e. The summed E-state index contributed by atoms with van der Waals surface area (Å²) in [6.07, 6.45) is 0.409.